The molecule has 0 saturated carbocycles. The fourth-order valence-corrected chi connectivity index (χ4v) is 15.2. The number of hydrogen-bond acceptors (Lipinski definition) is 8. The molecule has 0 spiro atoms. The Balaban J connectivity index is 0.000000396. The van der Waals surface area contributed by atoms with Gasteiger partial charge in [0.2, 0.25) is 0 Å². The molecule has 0 N–H and O–H groups in total. The average Bonchev–Trinajstić information content (AvgIpc) is 3.47. The van der Waals surface area contributed by atoms with Gasteiger partial charge in [-0.3, -0.25) is 0 Å². The topological polar surface area (TPSA) is 0 Å². The molecule has 3 heterocycles. The van der Waals surface area contributed by atoms with Crippen LogP contribution >= 0.6 is 90.2 Å². The van der Waals surface area contributed by atoms with Crippen molar-refractivity contribution < 1.29 is 0 Å². The Morgan fingerprint density at radius 2 is 1.27 bits per heavy atom. The van der Waals surface area contributed by atoms with Crippen LogP contribution in [0.1, 0.15) is 26.7 Å². The largest absolute Gasteiger partial charge is 0.156 e. The summed E-state index contributed by atoms with van der Waals surface area (Å²) in [6.45, 7) is 4.36. The van der Waals surface area contributed by atoms with Gasteiger partial charge in [0.15, 0.2) is 0 Å². The Bertz CT molecular complexity index is 256. The first-order chi connectivity index (χ1) is 10.8. The molecule has 0 nitrogen and oxygen atoms in total. The summed E-state index contributed by atoms with van der Waals surface area (Å²) in [4.78, 5) is 0. The molecule has 2 atom stereocenters. The maximum atomic E-state index is 2.18. The predicted molar refractivity (Wildman–Crippen MR) is 126 cm³/mol. The van der Waals surface area contributed by atoms with Crippen LogP contribution in [-0.2, 0) is 0 Å². The third-order valence-corrected chi connectivity index (χ3v) is 15.7. The summed E-state index contributed by atoms with van der Waals surface area (Å²) >= 11 is 8.61. The molecule has 0 aromatic heterocycles. The van der Waals surface area contributed by atoms with Crippen LogP contribution in [0.4, 0.5) is 0 Å². The van der Waals surface area contributed by atoms with Crippen LogP contribution in [0.5, 0.6) is 0 Å². The van der Waals surface area contributed by atoms with Gasteiger partial charge in [-0.2, -0.15) is 23.5 Å². The van der Waals surface area contributed by atoms with Crippen molar-refractivity contribution in [3.05, 3.63) is 0 Å². The maximum Gasteiger partial charge on any atom is 0.0919 e. The highest BCUT2D eigenvalue weighted by molar-refractivity contribution is 8.85. The Morgan fingerprint density at radius 1 is 0.818 bits per heavy atom. The van der Waals surface area contributed by atoms with E-state index in [9.17, 15) is 0 Å². The molecule has 3 rings (SSSR count). The first kappa shape index (κ1) is 21.1. The molecule has 0 amide bonds. The van der Waals surface area contributed by atoms with Crippen molar-refractivity contribution in [1.29, 1.82) is 0 Å². The molecule has 130 valence electrons. The number of thioether (sulfide) groups is 4. The van der Waals surface area contributed by atoms with Crippen molar-refractivity contribution in [3.8, 4) is 0 Å². The maximum absolute atomic E-state index is 2.18. The monoisotopic (exact) mass is 450 g/mol. The summed E-state index contributed by atoms with van der Waals surface area (Å²) < 4.78 is 1.61. The van der Waals surface area contributed by atoms with E-state index in [2.05, 4.69) is 104 Å². The van der Waals surface area contributed by atoms with Gasteiger partial charge in [-0.25, -0.2) is 0 Å². The summed E-state index contributed by atoms with van der Waals surface area (Å²) in [5.41, 5.74) is 0. The lowest BCUT2D eigenvalue weighted by molar-refractivity contribution is 0.886. The molecule has 3 fully saturated rings. The highest BCUT2D eigenvalue weighted by Gasteiger charge is 2.30. The SMILES string of the molecule is C1CSC(C(SSCC2CS2)SSCC2CS2)S1.CCCC. The molecule has 0 aromatic rings. The van der Waals surface area contributed by atoms with Gasteiger partial charge in [0, 0.05) is 45.0 Å². The predicted octanol–water partition coefficient (Wildman–Crippen LogP) is 6.92. The van der Waals surface area contributed by atoms with Crippen molar-refractivity contribution in [3.63, 3.8) is 0 Å². The van der Waals surface area contributed by atoms with Gasteiger partial charge in [0.25, 0.3) is 0 Å². The third-order valence-electron chi connectivity index (χ3n) is 3.01. The summed E-state index contributed by atoms with van der Waals surface area (Å²) in [5.74, 6) is 8.26. The number of hydrogen-bond donors (Lipinski definition) is 0. The van der Waals surface area contributed by atoms with Crippen LogP contribution in [0.15, 0.2) is 0 Å². The Morgan fingerprint density at radius 3 is 1.64 bits per heavy atom. The van der Waals surface area contributed by atoms with Crippen LogP contribution in [-0.4, -0.2) is 54.2 Å². The summed E-state index contributed by atoms with van der Waals surface area (Å²) in [6.07, 6.45) is 2.64. The van der Waals surface area contributed by atoms with Crippen LogP contribution in [0, 0.1) is 0 Å². The van der Waals surface area contributed by atoms with Gasteiger partial charge in [-0.05, 0) is 0 Å². The first-order valence-corrected chi connectivity index (χ1v) is 16.8. The summed E-state index contributed by atoms with van der Waals surface area (Å²) in [5, 5.41) is 1.96. The lowest BCUT2D eigenvalue weighted by Gasteiger charge is -2.19. The molecule has 0 aromatic carbocycles. The number of unbranched alkanes of at least 4 members (excludes halogenated alkanes) is 1. The number of rotatable bonds is 10. The Labute approximate surface area is 169 Å². The second-order valence-corrected chi connectivity index (χ2v) is 16.0. The van der Waals surface area contributed by atoms with Crippen molar-refractivity contribution in [2.75, 3.05) is 34.5 Å². The van der Waals surface area contributed by atoms with E-state index in [1.165, 1.54) is 47.4 Å². The molecule has 3 aliphatic heterocycles. The molecular formula is C14H26S8. The summed E-state index contributed by atoms with van der Waals surface area (Å²) in [6, 6.07) is 0. The molecule has 3 saturated heterocycles. The van der Waals surface area contributed by atoms with Gasteiger partial charge in [0.05, 0.1) is 9.16 Å². The molecule has 8 heteroatoms. The second kappa shape index (κ2) is 13.0. The minimum Gasteiger partial charge on any atom is -0.156 e. The van der Waals surface area contributed by atoms with Gasteiger partial charge in [-0.15, -0.1) is 23.5 Å². The standard InChI is InChI=1S/C10H16S8.C4H10/c1-2-12-9(11-1)10(17-15-5-7-3-13-7)18-16-6-8-4-14-8;1-3-4-2/h7-10H,1-6H2;3-4H2,1-2H3. The zero-order valence-electron chi connectivity index (χ0n) is 13.2. The van der Waals surface area contributed by atoms with E-state index in [1.807, 2.05) is 0 Å². The van der Waals surface area contributed by atoms with Crippen LogP contribution in [0.25, 0.3) is 0 Å². The van der Waals surface area contributed by atoms with Gasteiger partial charge in [0.1, 0.15) is 0 Å². The zero-order chi connectivity index (χ0) is 15.6. The zero-order valence-corrected chi connectivity index (χ0v) is 19.8. The quantitative estimate of drug-likeness (QED) is 0.197. The van der Waals surface area contributed by atoms with Crippen molar-refractivity contribution >= 4 is 90.2 Å². The molecule has 0 bridgehead atoms. The van der Waals surface area contributed by atoms with Crippen LogP contribution in [0.3, 0.4) is 0 Å². The minimum absolute atomic E-state index is 0.782. The lowest BCUT2D eigenvalue weighted by Crippen LogP contribution is -2.08. The fraction of sp³-hybridized carbons (Fsp3) is 1.00. The molecule has 2 unspecified atom stereocenters. The smallest absolute Gasteiger partial charge is 0.0919 e. The van der Waals surface area contributed by atoms with E-state index in [1.54, 1.807) is 0 Å². The van der Waals surface area contributed by atoms with E-state index in [0.717, 1.165) is 19.7 Å². The highest BCUT2D eigenvalue weighted by Crippen LogP contribution is 2.52. The van der Waals surface area contributed by atoms with Crippen molar-refractivity contribution in [2.24, 2.45) is 0 Å². The van der Waals surface area contributed by atoms with E-state index in [-0.39, 0.29) is 0 Å². The molecule has 0 aliphatic carbocycles. The van der Waals surface area contributed by atoms with E-state index in [0.29, 0.717) is 0 Å². The van der Waals surface area contributed by atoms with Crippen molar-refractivity contribution in [2.45, 2.75) is 46.4 Å². The van der Waals surface area contributed by atoms with E-state index in [4.69, 9.17) is 0 Å². The Hall–Kier alpha value is 2.80. The van der Waals surface area contributed by atoms with Crippen molar-refractivity contribution in [1.82, 2.24) is 0 Å². The van der Waals surface area contributed by atoms with Crippen LogP contribution in [0.2, 0.25) is 0 Å². The lowest BCUT2D eigenvalue weighted by atomic mass is 10.4. The molecule has 22 heavy (non-hydrogen) atoms. The second-order valence-electron chi connectivity index (χ2n) is 5.15. The first-order valence-electron chi connectivity index (χ1n) is 7.86. The average molecular weight is 451 g/mol. The normalized spacial score (nSPS) is 28.1. The molecule has 3 aliphatic rings. The van der Waals surface area contributed by atoms with Gasteiger partial charge >= 0.3 is 0 Å². The fourth-order valence-electron chi connectivity index (χ4n) is 1.33. The minimum atomic E-state index is 0.782. The van der Waals surface area contributed by atoms with Gasteiger partial charge in [-0.1, -0.05) is 69.9 Å². The highest BCUT2D eigenvalue weighted by atomic mass is 33.1. The van der Waals surface area contributed by atoms with Gasteiger partial charge < -0.3 is 0 Å². The molecular weight excluding hydrogens is 425 g/mol. The molecule has 0 radical (unpaired) electrons. The summed E-state index contributed by atoms with van der Waals surface area (Å²) in [7, 11) is 8.56. The van der Waals surface area contributed by atoms with E-state index < -0.39 is 0 Å². The van der Waals surface area contributed by atoms with Crippen LogP contribution < -0.4 is 0 Å². The van der Waals surface area contributed by atoms with E-state index >= 15 is 0 Å². The Kier molecular flexibility index (Phi) is 12.5. The third kappa shape index (κ3) is 10.1.